The molecular weight excluding hydrogens is 366 g/mol. The predicted molar refractivity (Wildman–Crippen MR) is 115 cm³/mol. The van der Waals surface area contributed by atoms with E-state index in [4.69, 9.17) is 11.5 Å². The van der Waals surface area contributed by atoms with E-state index in [1.165, 1.54) is 11.8 Å². The average molecular weight is 388 g/mol. The van der Waals surface area contributed by atoms with Gasteiger partial charge in [-0.3, -0.25) is 0 Å². The van der Waals surface area contributed by atoms with Gasteiger partial charge in [0.15, 0.2) is 0 Å². The standard InChI is InChI=1S/C23H21N3OS/c1-15-4-2-6-17(12-15)22(27)18-7-3-5-16(13-18)21(14-24)23(26)28-20-10-8-19(25)9-11-20/h2-13,22,27H,25-26H2,1H3/b23-21+. The highest BCUT2D eigenvalue weighted by Crippen LogP contribution is 2.31. The van der Waals surface area contributed by atoms with E-state index in [-0.39, 0.29) is 0 Å². The smallest absolute Gasteiger partial charge is 0.104 e. The van der Waals surface area contributed by atoms with E-state index in [2.05, 4.69) is 6.07 Å². The monoisotopic (exact) mass is 387 g/mol. The number of hydrogen-bond acceptors (Lipinski definition) is 5. The molecule has 5 heteroatoms. The fourth-order valence-electron chi connectivity index (χ4n) is 2.87. The molecule has 4 nitrogen and oxygen atoms in total. The van der Waals surface area contributed by atoms with Crippen LogP contribution in [0.1, 0.15) is 28.4 Å². The summed E-state index contributed by atoms with van der Waals surface area (Å²) in [6.07, 6.45) is -0.772. The Morgan fingerprint density at radius 2 is 1.64 bits per heavy atom. The Morgan fingerprint density at radius 3 is 2.29 bits per heavy atom. The number of nitrogen functional groups attached to an aromatic ring is 1. The molecule has 3 rings (SSSR count). The van der Waals surface area contributed by atoms with Crippen molar-refractivity contribution in [1.82, 2.24) is 0 Å². The van der Waals surface area contributed by atoms with E-state index in [0.717, 1.165) is 16.0 Å². The van der Waals surface area contributed by atoms with Crippen molar-refractivity contribution in [1.29, 1.82) is 5.26 Å². The largest absolute Gasteiger partial charge is 0.399 e. The summed E-state index contributed by atoms with van der Waals surface area (Å²) in [6, 6.07) is 24.5. The van der Waals surface area contributed by atoms with Gasteiger partial charge in [0, 0.05) is 10.6 Å². The number of aryl methyl sites for hydroxylation is 1. The Kier molecular flexibility index (Phi) is 6.05. The van der Waals surface area contributed by atoms with Gasteiger partial charge in [-0.15, -0.1) is 0 Å². The fraction of sp³-hybridized carbons (Fsp3) is 0.0870. The Labute approximate surface area is 169 Å². The molecule has 5 N–H and O–H groups in total. The van der Waals surface area contributed by atoms with Crippen molar-refractivity contribution in [3.63, 3.8) is 0 Å². The van der Waals surface area contributed by atoms with Crippen molar-refractivity contribution < 1.29 is 5.11 Å². The molecule has 0 aliphatic rings. The highest BCUT2D eigenvalue weighted by Gasteiger charge is 2.14. The number of aliphatic hydroxyl groups excluding tert-OH is 1. The molecule has 28 heavy (non-hydrogen) atoms. The third-order valence-electron chi connectivity index (χ3n) is 4.32. The quantitative estimate of drug-likeness (QED) is 0.338. The van der Waals surface area contributed by atoms with Crippen LogP contribution in [0.4, 0.5) is 5.69 Å². The van der Waals surface area contributed by atoms with Crippen molar-refractivity contribution in [3.05, 3.63) is 100 Å². The van der Waals surface area contributed by atoms with Gasteiger partial charge in [-0.05, 0) is 53.9 Å². The zero-order chi connectivity index (χ0) is 20.1. The lowest BCUT2D eigenvalue weighted by atomic mass is 9.97. The number of rotatable bonds is 5. The molecule has 0 radical (unpaired) electrons. The van der Waals surface area contributed by atoms with Crippen molar-refractivity contribution in [2.24, 2.45) is 5.73 Å². The van der Waals surface area contributed by atoms with Crippen LogP contribution in [0.5, 0.6) is 0 Å². The maximum atomic E-state index is 10.7. The summed E-state index contributed by atoms with van der Waals surface area (Å²) in [4.78, 5) is 0.899. The Balaban J connectivity index is 1.92. The van der Waals surface area contributed by atoms with Gasteiger partial charge in [0.1, 0.15) is 12.2 Å². The molecule has 140 valence electrons. The second-order valence-corrected chi connectivity index (χ2v) is 7.58. The molecule has 0 aliphatic carbocycles. The first kappa shape index (κ1) is 19.6. The summed E-state index contributed by atoms with van der Waals surface area (Å²) < 4.78 is 0. The lowest BCUT2D eigenvalue weighted by Gasteiger charge is -2.14. The van der Waals surface area contributed by atoms with Crippen LogP contribution in [-0.4, -0.2) is 5.11 Å². The molecule has 3 aromatic carbocycles. The van der Waals surface area contributed by atoms with Gasteiger partial charge in [0.2, 0.25) is 0 Å². The van der Waals surface area contributed by atoms with Crippen LogP contribution in [0, 0.1) is 18.3 Å². The number of nitriles is 1. The number of nitrogens with two attached hydrogens (primary N) is 2. The summed E-state index contributed by atoms with van der Waals surface area (Å²) in [6.45, 7) is 1.98. The first-order chi connectivity index (χ1) is 13.5. The normalized spacial score (nSPS) is 12.8. The molecule has 1 atom stereocenters. The maximum absolute atomic E-state index is 10.7. The second-order valence-electron chi connectivity index (χ2n) is 6.46. The zero-order valence-electron chi connectivity index (χ0n) is 15.5. The predicted octanol–water partition coefficient (Wildman–Crippen LogP) is 4.60. The Morgan fingerprint density at radius 1 is 1.00 bits per heavy atom. The molecule has 0 heterocycles. The lowest BCUT2D eigenvalue weighted by molar-refractivity contribution is 0.220. The number of benzene rings is 3. The van der Waals surface area contributed by atoms with Crippen molar-refractivity contribution in [2.75, 3.05) is 5.73 Å². The summed E-state index contributed by atoms with van der Waals surface area (Å²) in [7, 11) is 0. The average Bonchev–Trinajstić information content (AvgIpc) is 2.70. The SMILES string of the molecule is Cc1cccc(C(O)c2cccc(/C(C#N)=C(\N)Sc3ccc(N)cc3)c2)c1. The number of aliphatic hydroxyl groups is 1. The minimum atomic E-state index is -0.772. The van der Waals surface area contributed by atoms with E-state index in [0.29, 0.717) is 27.4 Å². The molecule has 0 bridgehead atoms. The number of thioether (sulfide) groups is 1. The van der Waals surface area contributed by atoms with E-state index in [1.807, 2.05) is 67.6 Å². The molecule has 0 saturated carbocycles. The molecule has 0 aromatic heterocycles. The molecule has 3 aromatic rings. The molecule has 0 fully saturated rings. The summed E-state index contributed by atoms with van der Waals surface area (Å²) >= 11 is 1.31. The summed E-state index contributed by atoms with van der Waals surface area (Å²) in [5.41, 5.74) is 16.2. The maximum Gasteiger partial charge on any atom is 0.104 e. The highest BCUT2D eigenvalue weighted by atomic mass is 32.2. The third-order valence-corrected chi connectivity index (χ3v) is 5.25. The van der Waals surface area contributed by atoms with E-state index in [1.54, 1.807) is 12.1 Å². The van der Waals surface area contributed by atoms with Crippen LogP contribution in [0.3, 0.4) is 0 Å². The van der Waals surface area contributed by atoms with Gasteiger partial charge in [-0.2, -0.15) is 5.26 Å². The van der Waals surface area contributed by atoms with Gasteiger partial charge in [0.25, 0.3) is 0 Å². The van der Waals surface area contributed by atoms with E-state index >= 15 is 0 Å². The Hall–Kier alpha value is -3.20. The molecule has 0 aliphatic heterocycles. The molecule has 0 spiro atoms. The van der Waals surface area contributed by atoms with Gasteiger partial charge in [-0.1, -0.05) is 59.8 Å². The molecule has 0 saturated heterocycles. The third kappa shape index (κ3) is 4.55. The number of anilines is 1. The van der Waals surface area contributed by atoms with Crippen LogP contribution >= 0.6 is 11.8 Å². The summed E-state index contributed by atoms with van der Waals surface area (Å²) in [5.74, 6) is 0. The van der Waals surface area contributed by atoms with Crippen LogP contribution in [0.25, 0.3) is 5.57 Å². The topological polar surface area (TPSA) is 96.1 Å². The van der Waals surface area contributed by atoms with Gasteiger partial charge < -0.3 is 16.6 Å². The van der Waals surface area contributed by atoms with Crippen molar-refractivity contribution >= 4 is 23.0 Å². The van der Waals surface area contributed by atoms with Crippen LogP contribution < -0.4 is 11.5 Å². The number of hydrogen-bond donors (Lipinski definition) is 3. The lowest BCUT2D eigenvalue weighted by Crippen LogP contribution is -2.02. The van der Waals surface area contributed by atoms with Crippen molar-refractivity contribution in [3.8, 4) is 6.07 Å². The highest BCUT2D eigenvalue weighted by molar-refractivity contribution is 8.03. The van der Waals surface area contributed by atoms with Gasteiger partial charge >= 0.3 is 0 Å². The molecule has 0 amide bonds. The fourth-order valence-corrected chi connectivity index (χ4v) is 3.66. The van der Waals surface area contributed by atoms with Crippen molar-refractivity contribution in [2.45, 2.75) is 17.9 Å². The van der Waals surface area contributed by atoms with Gasteiger partial charge in [-0.25, -0.2) is 0 Å². The minimum Gasteiger partial charge on any atom is -0.399 e. The van der Waals surface area contributed by atoms with E-state index < -0.39 is 6.10 Å². The zero-order valence-corrected chi connectivity index (χ0v) is 16.3. The number of allylic oxidation sites excluding steroid dienone is 1. The summed E-state index contributed by atoms with van der Waals surface area (Å²) in [5, 5.41) is 20.8. The minimum absolute atomic E-state index is 0.375. The van der Waals surface area contributed by atoms with E-state index in [9.17, 15) is 10.4 Å². The first-order valence-electron chi connectivity index (χ1n) is 8.76. The second kappa shape index (κ2) is 8.66. The van der Waals surface area contributed by atoms with Crippen LogP contribution in [-0.2, 0) is 0 Å². The molecular formula is C23H21N3OS. The first-order valence-corrected chi connectivity index (χ1v) is 9.58. The van der Waals surface area contributed by atoms with Gasteiger partial charge in [0.05, 0.1) is 10.6 Å². The number of nitrogens with zero attached hydrogens (tertiary/aromatic N) is 1. The molecule has 1 unspecified atom stereocenters. The Bertz CT molecular complexity index is 1050. The van der Waals surface area contributed by atoms with Crippen LogP contribution in [0.15, 0.2) is 82.7 Å². The van der Waals surface area contributed by atoms with Crippen LogP contribution in [0.2, 0.25) is 0 Å².